The monoisotopic (exact) mass is 380 g/mol. The number of halogens is 5. The molecule has 0 radical (unpaired) electrons. The predicted molar refractivity (Wildman–Crippen MR) is 89.3 cm³/mol. The number of benzene rings is 1. The fourth-order valence-electron chi connectivity index (χ4n) is 2.90. The highest BCUT2D eigenvalue weighted by Gasteiger charge is 2.37. The Morgan fingerprint density at radius 3 is 2.38 bits per heavy atom. The van der Waals surface area contributed by atoms with Gasteiger partial charge < -0.3 is 5.32 Å². The van der Waals surface area contributed by atoms with Crippen LogP contribution in [0, 0.1) is 5.82 Å². The average molecular weight is 381 g/mol. The zero-order valence-electron chi connectivity index (χ0n) is 12.6. The van der Waals surface area contributed by atoms with E-state index in [9.17, 15) is 17.6 Å². The van der Waals surface area contributed by atoms with Crippen LogP contribution in [-0.2, 0) is 6.18 Å². The molecule has 2 heterocycles. The lowest BCUT2D eigenvalue weighted by Gasteiger charge is -2.35. The van der Waals surface area contributed by atoms with Crippen molar-refractivity contribution in [2.45, 2.75) is 12.2 Å². The molecule has 1 fully saturated rings. The normalized spacial score (nSPS) is 17.3. The van der Waals surface area contributed by atoms with Crippen molar-refractivity contribution >= 4 is 23.7 Å². The van der Waals surface area contributed by atoms with E-state index in [0.717, 1.165) is 24.0 Å². The third-order valence-electron chi connectivity index (χ3n) is 3.96. The molecule has 24 heavy (non-hydrogen) atoms. The van der Waals surface area contributed by atoms with Crippen molar-refractivity contribution in [3.8, 4) is 0 Å². The summed E-state index contributed by atoms with van der Waals surface area (Å²) in [6.07, 6.45) is -4.69. The Morgan fingerprint density at radius 2 is 1.79 bits per heavy atom. The molecular weight excluding hydrogens is 364 g/mol. The molecule has 0 spiro atoms. The molecular formula is C16H17ClF4N2S. The smallest absolute Gasteiger partial charge is 0.314 e. The highest BCUT2D eigenvalue weighted by atomic mass is 35.5. The molecule has 1 atom stereocenters. The maximum atomic E-state index is 14.6. The minimum atomic E-state index is -4.69. The second kappa shape index (κ2) is 7.82. The fourth-order valence-corrected chi connectivity index (χ4v) is 3.77. The summed E-state index contributed by atoms with van der Waals surface area (Å²) in [5.41, 5.74) is -1.11. The van der Waals surface area contributed by atoms with Gasteiger partial charge in [0.05, 0.1) is 11.6 Å². The van der Waals surface area contributed by atoms with Gasteiger partial charge in [-0.25, -0.2) is 4.39 Å². The molecule has 0 unspecified atom stereocenters. The topological polar surface area (TPSA) is 15.3 Å². The van der Waals surface area contributed by atoms with E-state index in [1.165, 1.54) is 23.5 Å². The summed E-state index contributed by atoms with van der Waals surface area (Å²) in [6, 6.07) is 6.72. The molecule has 1 aliphatic rings. The van der Waals surface area contributed by atoms with E-state index in [1.807, 2.05) is 22.4 Å². The van der Waals surface area contributed by atoms with Crippen LogP contribution in [0.15, 0.2) is 35.7 Å². The van der Waals surface area contributed by atoms with E-state index < -0.39 is 23.6 Å². The lowest BCUT2D eigenvalue weighted by Crippen LogP contribution is -2.45. The second-order valence-electron chi connectivity index (χ2n) is 5.41. The zero-order chi connectivity index (χ0) is 16.4. The summed E-state index contributed by atoms with van der Waals surface area (Å²) >= 11 is 1.43. The molecule has 1 aromatic heterocycles. The Hall–Kier alpha value is -1.15. The van der Waals surface area contributed by atoms with E-state index in [0.29, 0.717) is 13.1 Å². The standard InChI is InChI=1S/C16H16F4N2S.ClH/c17-14-11(3-1-4-12(14)16(18,19)20)15(13-5-2-10-23-13)22-8-6-21-7-9-22;/h1-5,10,15,21H,6-9H2;1H/t15-;/m1./s1. The number of hydrogen-bond acceptors (Lipinski definition) is 3. The molecule has 3 rings (SSSR count). The molecule has 0 aliphatic carbocycles. The van der Waals surface area contributed by atoms with Gasteiger partial charge in [-0.05, 0) is 17.5 Å². The third kappa shape index (κ3) is 3.91. The van der Waals surface area contributed by atoms with Gasteiger partial charge in [-0.1, -0.05) is 18.2 Å². The van der Waals surface area contributed by atoms with Crippen LogP contribution in [0.1, 0.15) is 22.0 Å². The molecule has 1 N–H and O–H groups in total. The highest BCUT2D eigenvalue weighted by Crippen LogP contribution is 2.38. The molecule has 132 valence electrons. The number of hydrogen-bond donors (Lipinski definition) is 1. The second-order valence-corrected chi connectivity index (χ2v) is 6.39. The van der Waals surface area contributed by atoms with Gasteiger partial charge in [-0.15, -0.1) is 23.7 Å². The Morgan fingerprint density at radius 1 is 1.08 bits per heavy atom. The molecule has 1 aromatic carbocycles. The summed E-state index contributed by atoms with van der Waals surface area (Å²) in [4.78, 5) is 2.88. The first-order valence-electron chi connectivity index (χ1n) is 7.32. The van der Waals surface area contributed by atoms with E-state index in [-0.39, 0.29) is 18.0 Å². The van der Waals surface area contributed by atoms with Crippen molar-refractivity contribution in [3.63, 3.8) is 0 Å². The van der Waals surface area contributed by atoms with Crippen LogP contribution in [0.4, 0.5) is 17.6 Å². The minimum Gasteiger partial charge on any atom is -0.314 e. The van der Waals surface area contributed by atoms with Crippen molar-refractivity contribution in [3.05, 3.63) is 57.5 Å². The highest BCUT2D eigenvalue weighted by molar-refractivity contribution is 7.10. The molecule has 0 amide bonds. The van der Waals surface area contributed by atoms with Crippen molar-refractivity contribution in [1.82, 2.24) is 10.2 Å². The maximum absolute atomic E-state index is 14.6. The van der Waals surface area contributed by atoms with E-state index >= 15 is 0 Å². The van der Waals surface area contributed by atoms with Crippen molar-refractivity contribution in [2.24, 2.45) is 0 Å². The number of alkyl halides is 3. The van der Waals surface area contributed by atoms with Gasteiger partial charge in [0.25, 0.3) is 0 Å². The SMILES string of the molecule is Cl.Fc1c([C@H](c2cccs2)N2CCNCC2)cccc1C(F)(F)F. The van der Waals surface area contributed by atoms with Crippen molar-refractivity contribution < 1.29 is 17.6 Å². The summed E-state index contributed by atoms with van der Waals surface area (Å²) in [7, 11) is 0. The molecule has 2 aromatic rings. The summed E-state index contributed by atoms with van der Waals surface area (Å²) in [5, 5.41) is 5.06. The summed E-state index contributed by atoms with van der Waals surface area (Å²) < 4.78 is 53.7. The Balaban J connectivity index is 0.00000208. The molecule has 0 bridgehead atoms. The molecule has 2 nitrogen and oxygen atoms in total. The number of nitrogens with zero attached hydrogens (tertiary/aromatic N) is 1. The number of piperazine rings is 1. The molecule has 8 heteroatoms. The van der Waals surface area contributed by atoms with Crippen molar-refractivity contribution in [2.75, 3.05) is 26.2 Å². The van der Waals surface area contributed by atoms with Gasteiger partial charge in [0.15, 0.2) is 0 Å². The fraction of sp³-hybridized carbons (Fsp3) is 0.375. The molecule has 1 saturated heterocycles. The van der Waals surface area contributed by atoms with Gasteiger partial charge in [0, 0.05) is 36.6 Å². The Kier molecular flexibility index (Phi) is 6.25. The number of nitrogens with one attached hydrogen (secondary N) is 1. The molecule has 1 aliphatic heterocycles. The van der Waals surface area contributed by atoms with Crippen LogP contribution in [0.25, 0.3) is 0 Å². The van der Waals surface area contributed by atoms with E-state index in [2.05, 4.69) is 5.32 Å². The summed E-state index contributed by atoms with van der Waals surface area (Å²) in [5.74, 6) is -1.17. The first-order chi connectivity index (χ1) is 11.0. The van der Waals surface area contributed by atoms with Crippen LogP contribution < -0.4 is 5.32 Å². The van der Waals surface area contributed by atoms with Crippen LogP contribution in [0.2, 0.25) is 0 Å². The zero-order valence-corrected chi connectivity index (χ0v) is 14.3. The maximum Gasteiger partial charge on any atom is 0.419 e. The average Bonchev–Trinajstić information content (AvgIpc) is 3.03. The van der Waals surface area contributed by atoms with Crippen LogP contribution >= 0.6 is 23.7 Å². The lowest BCUT2D eigenvalue weighted by atomic mass is 9.99. The summed E-state index contributed by atoms with van der Waals surface area (Å²) in [6.45, 7) is 2.81. The van der Waals surface area contributed by atoms with Gasteiger partial charge in [0.1, 0.15) is 5.82 Å². The van der Waals surface area contributed by atoms with Gasteiger partial charge in [-0.3, -0.25) is 4.90 Å². The minimum absolute atomic E-state index is 0. The Labute approximate surface area is 147 Å². The quantitative estimate of drug-likeness (QED) is 0.798. The lowest BCUT2D eigenvalue weighted by molar-refractivity contribution is -0.140. The van der Waals surface area contributed by atoms with Crippen LogP contribution in [0.5, 0.6) is 0 Å². The van der Waals surface area contributed by atoms with Crippen LogP contribution in [0.3, 0.4) is 0 Å². The van der Waals surface area contributed by atoms with Gasteiger partial charge in [-0.2, -0.15) is 13.2 Å². The van der Waals surface area contributed by atoms with E-state index in [4.69, 9.17) is 0 Å². The predicted octanol–water partition coefficient (Wildman–Crippen LogP) is 4.32. The van der Waals surface area contributed by atoms with E-state index in [1.54, 1.807) is 0 Å². The third-order valence-corrected chi connectivity index (χ3v) is 4.88. The van der Waals surface area contributed by atoms with Crippen LogP contribution in [-0.4, -0.2) is 31.1 Å². The molecule has 0 saturated carbocycles. The van der Waals surface area contributed by atoms with Gasteiger partial charge in [0.2, 0.25) is 0 Å². The largest absolute Gasteiger partial charge is 0.419 e. The first-order valence-corrected chi connectivity index (χ1v) is 8.20. The number of rotatable bonds is 3. The number of thiophene rings is 1. The first kappa shape index (κ1) is 19.2. The van der Waals surface area contributed by atoms with Gasteiger partial charge >= 0.3 is 6.18 Å². The van der Waals surface area contributed by atoms with Crippen molar-refractivity contribution in [1.29, 1.82) is 0 Å². The Bertz CT molecular complexity index is 655.